The number of aliphatic hydroxyl groups is 1. The van der Waals surface area contributed by atoms with Gasteiger partial charge in [-0.2, -0.15) is 0 Å². The summed E-state index contributed by atoms with van der Waals surface area (Å²) in [5.74, 6) is 1.25. The van der Waals surface area contributed by atoms with Gasteiger partial charge in [-0.15, -0.1) is 0 Å². The Morgan fingerprint density at radius 3 is 2.71 bits per heavy atom. The summed E-state index contributed by atoms with van der Waals surface area (Å²) in [5, 5.41) is 10.7. The number of aryl methyl sites for hydroxylation is 1. The number of hydrogen-bond acceptors (Lipinski definition) is 3. The molecular formula is C13H13ClO3. The SMILES string of the molecule is COc1cc(C(O)c2ccoc2C)ccc1Cl. The summed E-state index contributed by atoms with van der Waals surface area (Å²) < 4.78 is 10.3. The Morgan fingerprint density at radius 1 is 1.35 bits per heavy atom. The fraction of sp³-hybridized carbons (Fsp3) is 0.231. The van der Waals surface area contributed by atoms with Gasteiger partial charge in [0.2, 0.25) is 0 Å². The third-order valence-electron chi connectivity index (χ3n) is 2.68. The molecule has 2 aromatic rings. The molecule has 0 fully saturated rings. The second-order valence-corrected chi connectivity index (χ2v) is 4.14. The van der Waals surface area contributed by atoms with Crippen molar-refractivity contribution in [3.05, 3.63) is 52.4 Å². The van der Waals surface area contributed by atoms with Crippen molar-refractivity contribution in [3.8, 4) is 5.75 Å². The lowest BCUT2D eigenvalue weighted by Gasteiger charge is -2.12. The quantitative estimate of drug-likeness (QED) is 0.911. The molecule has 0 bridgehead atoms. The van der Waals surface area contributed by atoms with E-state index in [9.17, 15) is 5.11 Å². The molecule has 0 saturated carbocycles. The molecule has 1 unspecified atom stereocenters. The van der Waals surface area contributed by atoms with Crippen molar-refractivity contribution in [2.24, 2.45) is 0 Å². The third kappa shape index (κ3) is 2.30. The maximum absolute atomic E-state index is 10.2. The van der Waals surface area contributed by atoms with Gasteiger partial charge in [0, 0.05) is 5.56 Å². The van der Waals surface area contributed by atoms with Gasteiger partial charge in [0.05, 0.1) is 18.4 Å². The number of methoxy groups -OCH3 is 1. The van der Waals surface area contributed by atoms with Crippen molar-refractivity contribution < 1.29 is 14.3 Å². The zero-order valence-electron chi connectivity index (χ0n) is 9.61. The van der Waals surface area contributed by atoms with E-state index in [0.717, 1.165) is 11.1 Å². The van der Waals surface area contributed by atoms with Crippen LogP contribution in [0.25, 0.3) is 0 Å². The predicted octanol–water partition coefficient (Wildman–Crippen LogP) is 3.33. The van der Waals surface area contributed by atoms with E-state index in [4.69, 9.17) is 20.8 Å². The highest BCUT2D eigenvalue weighted by Crippen LogP contribution is 2.31. The lowest BCUT2D eigenvalue weighted by Crippen LogP contribution is -2.00. The Hall–Kier alpha value is -1.45. The van der Waals surface area contributed by atoms with Gasteiger partial charge in [-0.1, -0.05) is 17.7 Å². The van der Waals surface area contributed by atoms with Crippen LogP contribution in [0.4, 0.5) is 0 Å². The van der Waals surface area contributed by atoms with Crippen molar-refractivity contribution in [3.63, 3.8) is 0 Å². The van der Waals surface area contributed by atoms with E-state index in [2.05, 4.69) is 0 Å². The lowest BCUT2D eigenvalue weighted by atomic mass is 10.0. The van der Waals surface area contributed by atoms with E-state index in [-0.39, 0.29) is 0 Å². The van der Waals surface area contributed by atoms with Crippen LogP contribution in [0.2, 0.25) is 5.02 Å². The molecule has 0 spiro atoms. The normalized spacial score (nSPS) is 12.5. The minimum atomic E-state index is -0.736. The second-order valence-electron chi connectivity index (χ2n) is 3.73. The smallest absolute Gasteiger partial charge is 0.137 e. The molecule has 1 aromatic heterocycles. The highest BCUT2D eigenvalue weighted by atomic mass is 35.5. The molecular weight excluding hydrogens is 240 g/mol. The molecule has 4 heteroatoms. The molecule has 1 heterocycles. The zero-order chi connectivity index (χ0) is 12.4. The lowest BCUT2D eigenvalue weighted by molar-refractivity contribution is 0.217. The standard InChI is InChI=1S/C13H13ClO3/c1-8-10(5-6-17-8)13(15)9-3-4-11(14)12(7-9)16-2/h3-7,13,15H,1-2H3. The van der Waals surface area contributed by atoms with Crippen LogP contribution in [0.1, 0.15) is 23.0 Å². The molecule has 2 rings (SSSR count). The van der Waals surface area contributed by atoms with Crippen molar-refractivity contribution in [2.45, 2.75) is 13.0 Å². The monoisotopic (exact) mass is 252 g/mol. The summed E-state index contributed by atoms with van der Waals surface area (Å²) in [4.78, 5) is 0. The average molecular weight is 253 g/mol. The first-order valence-corrected chi connectivity index (χ1v) is 5.56. The van der Waals surface area contributed by atoms with E-state index in [0.29, 0.717) is 16.5 Å². The summed E-state index contributed by atoms with van der Waals surface area (Å²) in [7, 11) is 1.54. The summed E-state index contributed by atoms with van der Waals surface area (Å²) in [6, 6.07) is 6.94. The number of furan rings is 1. The molecule has 0 aliphatic carbocycles. The fourth-order valence-corrected chi connectivity index (χ4v) is 1.90. The van der Waals surface area contributed by atoms with Crippen LogP contribution in [0.15, 0.2) is 34.9 Å². The summed E-state index contributed by atoms with van der Waals surface area (Å²) >= 11 is 5.93. The molecule has 1 N–H and O–H groups in total. The number of halogens is 1. The van der Waals surface area contributed by atoms with Crippen LogP contribution >= 0.6 is 11.6 Å². The number of hydrogen-bond donors (Lipinski definition) is 1. The highest BCUT2D eigenvalue weighted by Gasteiger charge is 2.16. The zero-order valence-corrected chi connectivity index (χ0v) is 10.4. The molecule has 17 heavy (non-hydrogen) atoms. The first-order chi connectivity index (χ1) is 8.13. The Morgan fingerprint density at radius 2 is 2.12 bits per heavy atom. The van der Waals surface area contributed by atoms with Crippen LogP contribution < -0.4 is 4.74 Å². The molecule has 0 amide bonds. The summed E-state index contributed by atoms with van der Waals surface area (Å²) in [6.07, 6.45) is 0.820. The fourth-order valence-electron chi connectivity index (χ4n) is 1.70. The van der Waals surface area contributed by atoms with E-state index < -0.39 is 6.10 Å². The van der Waals surface area contributed by atoms with E-state index in [1.54, 1.807) is 37.6 Å². The van der Waals surface area contributed by atoms with Crippen LogP contribution in [-0.2, 0) is 0 Å². The third-order valence-corrected chi connectivity index (χ3v) is 3.00. The predicted molar refractivity (Wildman–Crippen MR) is 65.5 cm³/mol. The number of benzene rings is 1. The summed E-state index contributed by atoms with van der Waals surface area (Å²) in [5.41, 5.74) is 1.46. The molecule has 0 aliphatic heterocycles. The molecule has 3 nitrogen and oxygen atoms in total. The van der Waals surface area contributed by atoms with Crippen molar-refractivity contribution in [2.75, 3.05) is 7.11 Å². The number of aliphatic hydroxyl groups excluding tert-OH is 1. The molecule has 90 valence electrons. The van der Waals surface area contributed by atoms with Crippen LogP contribution in [0.3, 0.4) is 0 Å². The maximum Gasteiger partial charge on any atom is 0.137 e. The van der Waals surface area contributed by atoms with Gasteiger partial charge >= 0.3 is 0 Å². The van der Waals surface area contributed by atoms with Gasteiger partial charge in [0.25, 0.3) is 0 Å². The van der Waals surface area contributed by atoms with E-state index in [1.165, 1.54) is 0 Å². The summed E-state index contributed by atoms with van der Waals surface area (Å²) in [6.45, 7) is 1.81. The van der Waals surface area contributed by atoms with E-state index >= 15 is 0 Å². The maximum atomic E-state index is 10.2. The Labute approximate surface area is 105 Å². The van der Waals surface area contributed by atoms with Crippen LogP contribution in [0.5, 0.6) is 5.75 Å². The molecule has 1 aromatic carbocycles. The first kappa shape index (κ1) is 12.0. The molecule has 0 aliphatic rings. The highest BCUT2D eigenvalue weighted by molar-refractivity contribution is 6.32. The minimum absolute atomic E-state index is 0.521. The Balaban J connectivity index is 2.38. The average Bonchev–Trinajstić information content (AvgIpc) is 2.75. The number of rotatable bonds is 3. The molecule has 0 radical (unpaired) electrons. The Kier molecular flexibility index (Phi) is 3.41. The molecule has 1 atom stereocenters. The van der Waals surface area contributed by atoms with Crippen molar-refractivity contribution in [1.29, 1.82) is 0 Å². The van der Waals surface area contributed by atoms with Crippen LogP contribution in [0, 0.1) is 6.92 Å². The van der Waals surface area contributed by atoms with Crippen molar-refractivity contribution in [1.82, 2.24) is 0 Å². The van der Waals surface area contributed by atoms with Crippen molar-refractivity contribution >= 4 is 11.6 Å². The largest absolute Gasteiger partial charge is 0.495 e. The number of ether oxygens (including phenoxy) is 1. The Bertz CT molecular complexity index is 519. The van der Waals surface area contributed by atoms with Gasteiger partial charge < -0.3 is 14.3 Å². The van der Waals surface area contributed by atoms with Crippen LogP contribution in [-0.4, -0.2) is 12.2 Å². The molecule has 0 saturated heterocycles. The van der Waals surface area contributed by atoms with Gasteiger partial charge in [0.1, 0.15) is 17.6 Å². The van der Waals surface area contributed by atoms with Gasteiger partial charge in [-0.25, -0.2) is 0 Å². The minimum Gasteiger partial charge on any atom is -0.495 e. The topological polar surface area (TPSA) is 42.6 Å². The van der Waals surface area contributed by atoms with E-state index in [1.807, 2.05) is 6.92 Å². The van der Waals surface area contributed by atoms with Gasteiger partial charge in [0.15, 0.2) is 0 Å². The van der Waals surface area contributed by atoms with Gasteiger partial charge in [-0.3, -0.25) is 0 Å². The van der Waals surface area contributed by atoms with Gasteiger partial charge in [-0.05, 0) is 30.7 Å². The second kappa shape index (κ2) is 4.82. The first-order valence-electron chi connectivity index (χ1n) is 5.19.